The summed E-state index contributed by atoms with van der Waals surface area (Å²) in [6.45, 7) is 2.45. The van der Waals surface area contributed by atoms with E-state index in [1.54, 1.807) is 12.1 Å². The van der Waals surface area contributed by atoms with Gasteiger partial charge in [0.1, 0.15) is 0 Å². The van der Waals surface area contributed by atoms with E-state index in [4.69, 9.17) is 5.11 Å². The van der Waals surface area contributed by atoms with Crippen LogP contribution >= 0.6 is 0 Å². The highest BCUT2D eigenvalue weighted by molar-refractivity contribution is 5.93. The predicted molar refractivity (Wildman–Crippen MR) is 69.9 cm³/mol. The number of nitrogens with one attached hydrogen (secondary N) is 2. The maximum atomic E-state index is 11.5. The molecule has 5 heteroatoms. The molecule has 5 nitrogen and oxygen atoms in total. The molecule has 18 heavy (non-hydrogen) atoms. The Balaban J connectivity index is 2.49. The Morgan fingerprint density at radius 3 is 2.83 bits per heavy atom. The van der Waals surface area contributed by atoms with Gasteiger partial charge in [-0.1, -0.05) is 18.2 Å². The molecule has 2 amide bonds. The molecule has 0 fully saturated rings. The van der Waals surface area contributed by atoms with Gasteiger partial charge < -0.3 is 15.7 Å². The summed E-state index contributed by atoms with van der Waals surface area (Å²) in [5.41, 5.74) is 0.597. The largest absolute Gasteiger partial charge is 0.478 e. The minimum absolute atomic E-state index is 0.140. The zero-order chi connectivity index (χ0) is 13.4. The molecule has 0 aromatic heterocycles. The number of urea groups is 1. The molecule has 0 unspecified atom stereocenters. The van der Waals surface area contributed by atoms with Gasteiger partial charge in [-0.25, -0.2) is 9.59 Å². The Bertz CT molecular complexity index is 455. The number of carbonyl (C=O) groups is 2. The third-order valence-corrected chi connectivity index (χ3v) is 2.20. The molecular formula is C13H16N2O3. The monoisotopic (exact) mass is 248 g/mol. The SMILES string of the molecule is C/C=C/CCNC(=O)Nc1cccc(C(=O)O)c1. The molecule has 0 bridgehead atoms. The van der Waals surface area contributed by atoms with Crippen LogP contribution in [0.4, 0.5) is 10.5 Å². The lowest BCUT2D eigenvalue weighted by Gasteiger charge is -2.07. The molecular weight excluding hydrogens is 232 g/mol. The maximum Gasteiger partial charge on any atom is 0.335 e. The number of aromatic carboxylic acids is 1. The van der Waals surface area contributed by atoms with E-state index in [9.17, 15) is 9.59 Å². The summed E-state index contributed by atoms with van der Waals surface area (Å²) in [7, 11) is 0. The van der Waals surface area contributed by atoms with Gasteiger partial charge in [-0.05, 0) is 31.5 Å². The fourth-order valence-corrected chi connectivity index (χ4v) is 1.34. The molecule has 3 N–H and O–H groups in total. The van der Waals surface area contributed by atoms with Gasteiger partial charge in [-0.3, -0.25) is 0 Å². The van der Waals surface area contributed by atoms with E-state index in [0.717, 1.165) is 6.42 Å². The Morgan fingerprint density at radius 1 is 1.39 bits per heavy atom. The normalized spacial score (nSPS) is 10.3. The number of allylic oxidation sites excluding steroid dienone is 1. The van der Waals surface area contributed by atoms with Gasteiger partial charge in [0.05, 0.1) is 5.56 Å². The number of carbonyl (C=O) groups excluding carboxylic acids is 1. The first kappa shape index (κ1) is 13.8. The third kappa shape index (κ3) is 4.69. The number of carboxylic acids is 1. The van der Waals surface area contributed by atoms with E-state index in [0.29, 0.717) is 12.2 Å². The Morgan fingerprint density at radius 2 is 2.17 bits per heavy atom. The molecule has 0 aliphatic carbocycles. The highest BCUT2D eigenvalue weighted by atomic mass is 16.4. The van der Waals surface area contributed by atoms with Crippen molar-refractivity contribution in [1.29, 1.82) is 0 Å². The fourth-order valence-electron chi connectivity index (χ4n) is 1.34. The van der Waals surface area contributed by atoms with Crippen LogP contribution in [0.3, 0.4) is 0 Å². The van der Waals surface area contributed by atoms with Crippen LogP contribution in [-0.4, -0.2) is 23.7 Å². The number of amides is 2. The van der Waals surface area contributed by atoms with Crippen LogP contribution < -0.4 is 10.6 Å². The summed E-state index contributed by atoms with van der Waals surface area (Å²) in [5.74, 6) is -1.02. The average Bonchev–Trinajstić information content (AvgIpc) is 2.35. The van der Waals surface area contributed by atoms with Gasteiger partial charge >= 0.3 is 12.0 Å². The summed E-state index contributed by atoms with van der Waals surface area (Å²) in [5, 5.41) is 14.1. The van der Waals surface area contributed by atoms with Gasteiger partial charge in [-0.15, -0.1) is 0 Å². The van der Waals surface area contributed by atoms with Gasteiger partial charge in [-0.2, -0.15) is 0 Å². The van der Waals surface area contributed by atoms with Crippen LogP contribution in [0.2, 0.25) is 0 Å². The number of benzene rings is 1. The molecule has 1 aromatic rings. The molecule has 96 valence electrons. The van der Waals surface area contributed by atoms with Gasteiger partial charge in [0.15, 0.2) is 0 Å². The number of anilines is 1. The minimum Gasteiger partial charge on any atom is -0.478 e. The summed E-state index contributed by atoms with van der Waals surface area (Å²) < 4.78 is 0. The highest BCUT2D eigenvalue weighted by Crippen LogP contribution is 2.10. The lowest BCUT2D eigenvalue weighted by atomic mass is 10.2. The second kappa shape index (κ2) is 7.11. The Labute approximate surface area is 106 Å². The van der Waals surface area contributed by atoms with Gasteiger partial charge in [0.2, 0.25) is 0 Å². The van der Waals surface area contributed by atoms with E-state index in [1.807, 2.05) is 19.1 Å². The highest BCUT2D eigenvalue weighted by Gasteiger charge is 2.05. The van der Waals surface area contributed by atoms with Crippen molar-refractivity contribution < 1.29 is 14.7 Å². The van der Waals surface area contributed by atoms with E-state index in [-0.39, 0.29) is 11.6 Å². The third-order valence-electron chi connectivity index (χ3n) is 2.20. The lowest BCUT2D eigenvalue weighted by Crippen LogP contribution is -2.29. The predicted octanol–water partition coefficient (Wildman–Crippen LogP) is 2.47. The van der Waals surface area contributed by atoms with Crippen LogP contribution in [0.25, 0.3) is 0 Å². The van der Waals surface area contributed by atoms with Gasteiger partial charge in [0, 0.05) is 12.2 Å². The smallest absolute Gasteiger partial charge is 0.335 e. The van der Waals surface area contributed by atoms with Crippen molar-refractivity contribution in [3.05, 3.63) is 42.0 Å². The molecule has 0 spiro atoms. The molecule has 0 atom stereocenters. The minimum atomic E-state index is -1.02. The van der Waals surface area contributed by atoms with E-state index >= 15 is 0 Å². The lowest BCUT2D eigenvalue weighted by molar-refractivity contribution is 0.0697. The second-order valence-electron chi connectivity index (χ2n) is 3.62. The van der Waals surface area contributed by atoms with Crippen molar-refractivity contribution >= 4 is 17.7 Å². The number of carboxylic acid groups (broad SMARTS) is 1. The number of hydrogen-bond donors (Lipinski definition) is 3. The zero-order valence-corrected chi connectivity index (χ0v) is 10.1. The Hall–Kier alpha value is -2.30. The first-order valence-corrected chi connectivity index (χ1v) is 5.63. The van der Waals surface area contributed by atoms with Crippen molar-refractivity contribution in [3.63, 3.8) is 0 Å². The van der Waals surface area contributed by atoms with E-state index in [1.165, 1.54) is 12.1 Å². The summed E-state index contributed by atoms with van der Waals surface area (Å²) in [6, 6.07) is 5.75. The van der Waals surface area contributed by atoms with Crippen LogP contribution in [-0.2, 0) is 0 Å². The van der Waals surface area contributed by atoms with Crippen LogP contribution in [0.5, 0.6) is 0 Å². The fraction of sp³-hybridized carbons (Fsp3) is 0.231. The average molecular weight is 248 g/mol. The van der Waals surface area contributed by atoms with Gasteiger partial charge in [0.25, 0.3) is 0 Å². The second-order valence-corrected chi connectivity index (χ2v) is 3.62. The van der Waals surface area contributed by atoms with Crippen molar-refractivity contribution in [2.24, 2.45) is 0 Å². The van der Waals surface area contributed by atoms with E-state index in [2.05, 4.69) is 10.6 Å². The van der Waals surface area contributed by atoms with Crippen molar-refractivity contribution in [2.45, 2.75) is 13.3 Å². The summed E-state index contributed by atoms with van der Waals surface area (Å²) in [6.07, 6.45) is 4.63. The summed E-state index contributed by atoms with van der Waals surface area (Å²) >= 11 is 0. The standard InChI is InChI=1S/C13H16N2O3/c1-2-3-4-8-14-13(18)15-11-7-5-6-10(9-11)12(16)17/h2-3,5-7,9H,4,8H2,1H3,(H,16,17)(H2,14,15,18)/b3-2+. The molecule has 1 aromatic carbocycles. The molecule has 0 aliphatic rings. The molecule has 0 aliphatic heterocycles. The van der Waals surface area contributed by atoms with Crippen molar-refractivity contribution in [2.75, 3.05) is 11.9 Å². The summed E-state index contributed by atoms with van der Waals surface area (Å²) in [4.78, 5) is 22.2. The first-order valence-electron chi connectivity index (χ1n) is 5.63. The molecule has 0 heterocycles. The number of rotatable bonds is 5. The molecule has 0 saturated heterocycles. The topological polar surface area (TPSA) is 78.4 Å². The number of hydrogen-bond acceptors (Lipinski definition) is 2. The van der Waals surface area contributed by atoms with Crippen LogP contribution in [0.15, 0.2) is 36.4 Å². The first-order chi connectivity index (χ1) is 8.63. The Kier molecular flexibility index (Phi) is 5.44. The molecule has 0 radical (unpaired) electrons. The molecule has 0 saturated carbocycles. The quantitative estimate of drug-likeness (QED) is 0.553. The van der Waals surface area contributed by atoms with Crippen LogP contribution in [0.1, 0.15) is 23.7 Å². The van der Waals surface area contributed by atoms with Crippen molar-refractivity contribution in [1.82, 2.24) is 5.32 Å². The van der Waals surface area contributed by atoms with E-state index < -0.39 is 5.97 Å². The zero-order valence-electron chi connectivity index (χ0n) is 10.1. The van der Waals surface area contributed by atoms with Crippen molar-refractivity contribution in [3.8, 4) is 0 Å². The molecule has 1 rings (SSSR count). The maximum absolute atomic E-state index is 11.5. The van der Waals surface area contributed by atoms with Crippen LogP contribution in [0, 0.1) is 0 Å².